The van der Waals surface area contributed by atoms with Gasteiger partial charge >= 0.3 is 6.03 Å². The van der Waals surface area contributed by atoms with Crippen LogP contribution in [-0.4, -0.2) is 76.6 Å². The maximum absolute atomic E-state index is 14.4. The summed E-state index contributed by atoms with van der Waals surface area (Å²) in [6, 6.07) is 19.0. The summed E-state index contributed by atoms with van der Waals surface area (Å²) in [5.74, 6) is -0.263. The number of urea groups is 1. The SMILES string of the molecule is C=C/C=C\C=C(/C)C[C@H]1C(=O)N(CC(C2=CC=CCC2)c2ccccc2)C[C@H]2N1C(=O)CN(C)N2C(=O)NCc1ccccc1. The highest BCUT2D eigenvalue weighted by Gasteiger charge is 2.51. The van der Waals surface area contributed by atoms with Gasteiger partial charge in [0.15, 0.2) is 0 Å². The summed E-state index contributed by atoms with van der Waals surface area (Å²) >= 11 is 0. The predicted molar refractivity (Wildman–Crippen MR) is 177 cm³/mol. The van der Waals surface area contributed by atoms with Crippen molar-refractivity contribution in [3.05, 3.63) is 132 Å². The summed E-state index contributed by atoms with van der Waals surface area (Å²) in [5, 5.41) is 6.33. The van der Waals surface area contributed by atoms with Crippen LogP contribution in [0.1, 0.15) is 43.2 Å². The van der Waals surface area contributed by atoms with Crippen LogP contribution in [0, 0.1) is 0 Å². The number of nitrogens with zero attached hydrogens (tertiary/aromatic N) is 4. The quantitative estimate of drug-likeness (QED) is 0.360. The minimum Gasteiger partial charge on any atom is -0.336 e. The molecular weight excluding hydrogens is 562 g/mol. The van der Waals surface area contributed by atoms with E-state index in [4.69, 9.17) is 0 Å². The van der Waals surface area contributed by atoms with Crippen LogP contribution in [0.25, 0.3) is 0 Å². The Hall–Kier alpha value is -4.69. The van der Waals surface area contributed by atoms with Gasteiger partial charge in [-0.2, -0.15) is 0 Å². The first-order chi connectivity index (χ1) is 21.9. The standard InChI is InChI=1S/C37H43N5O3/c1-4-5-9-16-28(2)23-33-36(44)40(25-32(30-19-12-7-13-20-30)31-21-14-8-15-22-31)26-34-41(33)35(43)27-39(3)42(34)37(45)38-24-29-17-10-6-11-18-29/h4-14,16-21,32-34H,1,15,22-27H2,2-3H3,(H,38,45)/b9-5-,28-16+/t32?,33-,34-/m0/s1. The zero-order valence-corrected chi connectivity index (χ0v) is 26.2. The van der Waals surface area contributed by atoms with E-state index in [1.165, 1.54) is 5.57 Å². The maximum atomic E-state index is 14.4. The number of allylic oxidation sites excluding steroid dienone is 7. The number of carbonyl (C=O) groups excluding carboxylic acids is 3. The second-order valence-corrected chi connectivity index (χ2v) is 11.9. The zero-order valence-electron chi connectivity index (χ0n) is 26.2. The lowest BCUT2D eigenvalue weighted by Gasteiger charge is -2.55. The highest BCUT2D eigenvalue weighted by molar-refractivity contribution is 5.91. The molecule has 2 aromatic rings. The highest BCUT2D eigenvalue weighted by Crippen LogP contribution is 2.34. The summed E-state index contributed by atoms with van der Waals surface area (Å²) < 4.78 is 0. The Kier molecular flexibility index (Phi) is 10.5. The third-order valence-corrected chi connectivity index (χ3v) is 8.68. The lowest BCUT2D eigenvalue weighted by atomic mass is 9.85. The molecule has 234 valence electrons. The Morgan fingerprint density at radius 1 is 1.07 bits per heavy atom. The number of nitrogens with one attached hydrogen (secondary N) is 1. The van der Waals surface area contributed by atoms with Crippen LogP contribution in [0.5, 0.6) is 0 Å². The number of piperazine rings is 1. The molecule has 1 unspecified atom stereocenters. The fraction of sp³-hybridized carbons (Fsp3) is 0.324. The fourth-order valence-electron chi connectivity index (χ4n) is 6.45. The monoisotopic (exact) mass is 605 g/mol. The molecule has 2 saturated heterocycles. The first kappa shape index (κ1) is 31.7. The lowest BCUT2D eigenvalue weighted by molar-refractivity contribution is -0.187. The zero-order chi connectivity index (χ0) is 31.8. The number of fused-ring (bicyclic) bond motifs is 1. The molecule has 45 heavy (non-hydrogen) atoms. The molecule has 0 spiro atoms. The number of benzene rings is 2. The van der Waals surface area contributed by atoms with E-state index in [0.29, 0.717) is 19.5 Å². The van der Waals surface area contributed by atoms with Crippen LogP contribution in [0.15, 0.2) is 121 Å². The first-order valence-corrected chi connectivity index (χ1v) is 15.6. The molecule has 8 heteroatoms. The largest absolute Gasteiger partial charge is 0.336 e. The van der Waals surface area contributed by atoms with E-state index in [9.17, 15) is 14.4 Å². The van der Waals surface area contributed by atoms with Crippen LogP contribution in [0.3, 0.4) is 0 Å². The van der Waals surface area contributed by atoms with Crippen molar-refractivity contribution in [3.63, 3.8) is 0 Å². The van der Waals surface area contributed by atoms with Gasteiger partial charge in [0.05, 0.1) is 13.1 Å². The van der Waals surface area contributed by atoms with Gasteiger partial charge in [-0.25, -0.2) is 14.8 Å². The Morgan fingerprint density at radius 2 is 1.80 bits per heavy atom. The molecule has 0 aromatic heterocycles. The smallest absolute Gasteiger partial charge is 0.334 e. The molecular formula is C37H43N5O3. The van der Waals surface area contributed by atoms with Crippen LogP contribution in [0.2, 0.25) is 0 Å². The van der Waals surface area contributed by atoms with Crippen LogP contribution in [0.4, 0.5) is 4.79 Å². The van der Waals surface area contributed by atoms with E-state index in [0.717, 1.165) is 29.5 Å². The Morgan fingerprint density at radius 3 is 2.49 bits per heavy atom. The second kappa shape index (κ2) is 14.9. The van der Waals surface area contributed by atoms with Crippen LogP contribution in [-0.2, 0) is 16.1 Å². The molecule has 3 atom stereocenters. The maximum Gasteiger partial charge on any atom is 0.334 e. The van der Waals surface area contributed by atoms with Gasteiger partial charge in [-0.05, 0) is 37.3 Å². The van der Waals surface area contributed by atoms with Gasteiger partial charge in [-0.3, -0.25) is 9.59 Å². The third kappa shape index (κ3) is 7.52. The van der Waals surface area contributed by atoms with Gasteiger partial charge in [-0.1, -0.05) is 121 Å². The topological polar surface area (TPSA) is 76.2 Å². The molecule has 2 aromatic carbocycles. The molecule has 0 radical (unpaired) electrons. The first-order valence-electron chi connectivity index (χ1n) is 15.6. The van der Waals surface area contributed by atoms with Crippen molar-refractivity contribution in [2.45, 2.75) is 50.9 Å². The van der Waals surface area contributed by atoms with Crippen LogP contribution < -0.4 is 5.32 Å². The number of rotatable bonds is 10. The molecule has 5 rings (SSSR count). The molecule has 8 nitrogen and oxygen atoms in total. The third-order valence-electron chi connectivity index (χ3n) is 8.68. The van der Waals surface area contributed by atoms with E-state index in [2.05, 4.69) is 42.3 Å². The van der Waals surface area contributed by atoms with Crippen molar-refractivity contribution < 1.29 is 14.4 Å². The molecule has 1 N–H and O–H groups in total. The number of amides is 4. The Balaban J connectivity index is 1.49. The van der Waals surface area contributed by atoms with Crippen molar-refractivity contribution in [2.75, 3.05) is 26.7 Å². The molecule has 0 bridgehead atoms. The number of hydrogen-bond acceptors (Lipinski definition) is 4. The Bertz CT molecular complexity index is 1500. The van der Waals surface area contributed by atoms with Crippen molar-refractivity contribution in [1.29, 1.82) is 0 Å². The van der Waals surface area contributed by atoms with Gasteiger partial charge in [0.2, 0.25) is 11.8 Å². The summed E-state index contributed by atoms with van der Waals surface area (Å²) in [4.78, 5) is 45.4. The average Bonchev–Trinajstić information content (AvgIpc) is 3.05. The van der Waals surface area contributed by atoms with Gasteiger partial charge < -0.3 is 15.1 Å². The predicted octanol–water partition coefficient (Wildman–Crippen LogP) is 5.56. The van der Waals surface area contributed by atoms with Gasteiger partial charge in [0.1, 0.15) is 12.2 Å². The number of likely N-dealkylation sites (N-methyl/N-ethyl adjacent to an activating group) is 1. The molecule has 3 aliphatic rings. The van der Waals surface area contributed by atoms with Crippen molar-refractivity contribution in [3.8, 4) is 0 Å². The average molecular weight is 606 g/mol. The molecule has 1 aliphatic carbocycles. The minimum absolute atomic E-state index is 0.00292. The van der Waals surface area contributed by atoms with Crippen molar-refractivity contribution in [1.82, 2.24) is 25.1 Å². The molecule has 0 saturated carbocycles. The Labute approximate surface area is 266 Å². The van der Waals surface area contributed by atoms with E-state index >= 15 is 0 Å². The van der Waals surface area contributed by atoms with Gasteiger partial charge in [-0.15, -0.1) is 0 Å². The summed E-state index contributed by atoms with van der Waals surface area (Å²) in [5.41, 5.74) is 4.35. The molecule has 2 heterocycles. The van der Waals surface area contributed by atoms with E-state index < -0.39 is 12.2 Å². The van der Waals surface area contributed by atoms with Gasteiger partial charge in [0.25, 0.3) is 0 Å². The van der Waals surface area contributed by atoms with E-state index in [1.54, 1.807) is 28.0 Å². The van der Waals surface area contributed by atoms with Crippen LogP contribution >= 0.6 is 0 Å². The number of hydrogen-bond donors (Lipinski definition) is 1. The van der Waals surface area contributed by atoms with E-state index in [-0.39, 0.29) is 36.9 Å². The second-order valence-electron chi connectivity index (χ2n) is 11.9. The fourth-order valence-corrected chi connectivity index (χ4v) is 6.45. The summed E-state index contributed by atoms with van der Waals surface area (Å²) in [6.45, 7) is 6.73. The van der Waals surface area contributed by atoms with Gasteiger partial charge in [0, 0.05) is 26.1 Å². The molecule has 2 aliphatic heterocycles. The normalized spacial score (nSPS) is 21.5. The molecule has 4 amide bonds. The lowest BCUT2D eigenvalue weighted by Crippen LogP contribution is -2.76. The minimum atomic E-state index is -0.737. The van der Waals surface area contributed by atoms with Crippen molar-refractivity contribution in [2.24, 2.45) is 0 Å². The van der Waals surface area contributed by atoms with E-state index in [1.807, 2.05) is 78.6 Å². The summed E-state index contributed by atoms with van der Waals surface area (Å²) in [7, 11) is 1.75. The molecule has 2 fully saturated rings. The van der Waals surface area contributed by atoms with Crippen molar-refractivity contribution >= 4 is 17.8 Å². The highest BCUT2D eigenvalue weighted by atomic mass is 16.2. The number of carbonyl (C=O) groups is 3. The number of hydrazine groups is 1. The summed E-state index contributed by atoms with van der Waals surface area (Å²) in [6.07, 6.45) is 15.4.